The molecule has 0 aliphatic heterocycles. The van der Waals surface area contributed by atoms with Crippen LogP contribution in [-0.2, 0) is 15.1 Å². The minimum atomic E-state index is -1.73. The Hall–Kier alpha value is -2.20. The summed E-state index contributed by atoms with van der Waals surface area (Å²) in [6, 6.07) is 8.87. The number of rotatable bonds is 1. The molecule has 0 bridgehead atoms. The number of ether oxygens (including phenoxy) is 1. The second-order valence-electron chi connectivity index (χ2n) is 4.17. The first-order chi connectivity index (χ1) is 8.69. The zero-order valence-corrected chi connectivity index (χ0v) is 9.75. The zero-order valence-electron chi connectivity index (χ0n) is 9.75. The van der Waals surface area contributed by atoms with Crippen LogP contribution in [0.3, 0.4) is 0 Å². The van der Waals surface area contributed by atoms with E-state index in [1.807, 2.05) is 12.1 Å². The highest BCUT2D eigenvalue weighted by atomic mass is 16.5. The number of nitrogens with zero attached hydrogens (tertiary/aromatic N) is 1. The first-order valence-corrected chi connectivity index (χ1v) is 5.54. The number of carbonyl (C=O) groups excluding carboxylic acids is 1. The van der Waals surface area contributed by atoms with Crippen molar-refractivity contribution in [2.75, 3.05) is 7.11 Å². The highest BCUT2D eigenvalue weighted by Crippen LogP contribution is 2.47. The van der Waals surface area contributed by atoms with Crippen molar-refractivity contribution >= 4 is 5.97 Å². The molecule has 18 heavy (non-hydrogen) atoms. The van der Waals surface area contributed by atoms with Crippen LogP contribution in [0.1, 0.15) is 11.1 Å². The van der Waals surface area contributed by atoms with Gasteiger partial charge in [0.2, 0.25) is 5.60 Å². The van der Waals surface area contributed by atoms with Crippen LogP contribution in [0.2, 0.25) is 0 Å². The first kappa shape index (κ1) is 10.9. The van der Waals surface area contributed by atoms with Gasteiger partial charge in [0.05, 0.1) is 7.11 Å². The SMILES string of the molecule is COC(=O)C1(O)c2ccccc2-c2cnccc21. The Morgan fingerprint density at radius 1 is 1.22 bits per heavy atom. The molecule has 0 saturated carbocycles. The molecule has 0 amide bonds. The van der Waals surface area contributed by atoms with Crippen LogP contribution in [0.25, 0.3) is 11.1 Å². The standard InChI is InChI=1S/C14H11NO3/c1-18-13(16)14(17)11-5-3-2-4-9(11)10-8-15-7-6-12(10)14/h2-8,17H,1H3. The fourth-order valence-electron chi connectivity index (χ4n) is 2.47. The summed E-state index contributed by atoms with van der Waals surface area (Å²) >= 11 is 0. The number of aromatic nitrogens is 1. The van der Waals surface area contributed by atoms with Crippen molar-refractivity contribution in [1.29, 1.82) is 0 Å². The lowest BCUT2D eigenvalue weighted by Gasteiger charge is -2.22. The van der Waals surface area contributed by atoms with E-state index in [2.05, 4.69) is 4.98 Å². The molecule has 1 atom stereocenters. The predicted molar refractivity (Wildman–Crippen MR) is 64.7 cm³/mol. The van der Waals surface area contributed by atoms with Crippen LogP contribution in [0.5, 0.6) is 0 Å². The van der Waals surface area contributed by atoms with Crippen molar-refractivity contribution in [2.45, 2.75) is 5.60 Å². The molecule has 1 aromatic carbocycles. The van der Waals surface area contributed by atoms with Crippen molar-refractivity contribution in [2.24, 2.45) is 0 Å². The maximum Gasteiger partial charge on any atom is 0.347 e. The third kappa shape index (κ3) is 1.18. The summed E-state index contributed by atoms with van der Waals surface area (Å²) in [7, 11) is 1.27. The normalized spacial score (nSPS) is 20.1. The number of pyridine rings is 1. The van der Waals surface area contributed by atoms with Gasteiger partial charge in [0.15, 0.2) is 0 Å². The van der Waals surface area contributed by atoms with Gasteiger partial charge >= 0.3 is 5.97 Å². The molecule has 0 saturated heterocycles. The Labute approximate surface area is 104 Å². The van der Waals surface area contributed by atoms with E-state index < -0.39 is 11.6 Å². The van der Waals surface area contributed by atoms with Crippen molar-refractivity contribution < 1.29 is 14.6 Å². The van der Waals surface area contributed by atoms with Crippen LogP contribution in [0, 0.1) is 0 Å². The second kappa shape index (κ2) is 3.65. The monoisotopic (exact) mass is 241 g/mol. The lowest BCUT2D eigenvalue weighted by Crippen LogP contribution is -2.36. The average molecular weight is 241 g/mol. The summed E-state index contributed by atoms with van der Waals surface area (Å²) in [5.74, 6) is -0.681. The Balaban J connectivity index is 2.37. The molecule has 4 heteroatoms. The Morgan fingerprint density at radius 3 is 2.72 bits per heavy atom. The summed E-state index contributed by atoms with van der Waals surface area (Å²) in [5.41, 5.74) is 0.906. The quantitative estimate of drug-likeness (QED) is 0.768. The number of hydrogen-bond donors (Lipinski definition) is 1. The number of aliphatic hydroxyl groups is 1. The van der Waals surface area contributed by atoms with E-state index in [9.17, 15) is 9.90 Å². The summed E-state index contributed by atoms with van der Waals surface area (Å²) in [5, 5.41) is 10.8. The van der Waals surface area contributed by atoms with Gasteiger partial charge in [-0.05, 0) is 11.6 Å². The lowest BCUT2D eigenvalue weighted by atomic mass is 9.92. The molecule has 1 N–H and O–H groups in total. The number of methoxy groups -OCH3 is 1. The number of fused-ring (bicyclic) bond motifs is 3. The minimum absolute atomic E-state index is 0.519. The molecular formula is C14H11NO3. The van der Waals surface area contributed by atoms with Crippen molar-refractivity contribution in [1.82, 2.24) is 4.98 Å². The van der Waals surface area contributed by atoms with Crippen LogP contribution in [0.15, 0.2) is 42.7 Å². The highest BCUT2D eigenvalue weighted by molar-refractivity contribution is 5.95. The molecule has 0 spiro atoms. The Bertz CT molecular complexity index is 591. The van der Waals surface area contributed by atoms with Gasteiger partial charge in [0.25, 0.3) is 0 Å². The number of hydrogen-bond acceptors (Lipinski definition) is 4. The van der Waals surface area contributed by atoms with Gasteiger partial charge in [0, 0.05) is 29.1 Å². The first-order valence-electron chi connectivity index (χ1n) is 5.54. The topological polar surface area (TPSA) is 59.4 Å². The van der Waals surface area contributed by atoms with E-state index in [-0.39, 0.29) is 0 Å². The van der Waals surface area contributed by atoms with Gasteiger partial charge in [-0.2, -0.15) is 0 Å². The summed E-state index contributed by atoms with van der Waals surface area (Å²) in [6.07, 6.45) is 3.20. The molecular weight excluding hydrogens is 230 g/mol. The molecule has 90 valence electrons. The van der Waals surface area contributed by atoms with Gasteiger partial charge in [-0.1, -0.05) is 24.3 Å². The van der Waals surface area contributed by atoms with E-state index in [0.29, 0.717) is 11.1 Å². The number of benzene rings is 1. The van der Waals surface area contributed by atoms with Gasteiger partial charge in [-0.15, -0.1) is 0 Å². The molecule has 0 fully saturated rings. The van der Waals surface area contributed by atoms with Gasteiger partial charge < -0.3 is 9.84 Å². The van der Waals surface area contributed by atoms with Gasteiger partial charge in [-0.3, -0.25) is 4.98 Å². The van der Waals surface area contributed by atoms with E-state index in [1.165, 1.54) is 7.11 Å². The van der Waals surface area contributed by atoms with Crippen molar-refractivity contribution in [3.05, 3.63) is 53.9 Å². The Kier molecular flexibility index (Phi) is 2.21. The van der Waals surface area contributed by atoms with Gasteiger partial charge in [-0.25, -0.2) is 4.79 Å². The zero-order chi connectivity index (χ0) is 12.8. The van der Waals surface area contributed by atoms with Crippen molar-refractivity contribution in [3.63, 3.8) is 0 Å². The second-order valence-corrected chi connectivity index (χ2v) is 4.17. The predicted octanol–water partition coefficient (Wildman–Crippen LogP) is 1.47. The van der Waals surface area contributed by atoms with E-state index in [4.69, 9.17) is 4.74 Å². The van der Waals surface area contributed by atoms with Crippen LogP contribution in [0.4, 0.5) is 0 Å². The lowest BCUT2D eigenvalue weighted by molar-refractivity contribution is -0.158. The fourth-order valence-corrected chi connectivity index (χ4v) is 2.47. The largest absolute Gasteiger partial charge is 0.466 e. The molecule has 1 aliphatic carbocycles. The van der Waals surface area contributed by atoms with E-state index >= 15 is 0 Å². The number of esters is 1. The summed E-state index contributed by atoms with van der Waals surface area (Å²) in [6.45, 7) is 0. The van der Waals surface area contributed by atoms with Crippen molar-refractivity contribution in [3.8, 4) is 11.1 Å². The summed E-state index contributed by atoms with van der Waals surface area (Å²) < 4.78 is 4.74. The molecule has 3 rings (SSSR count). The maximum atomic E-state index is 12.0. The molecule has 2 aromatic rings. The van der Waals surface area contributed by atoms with Gasteiger partial charge in [0.1, 0.15) is 0 Å². The molecule has 1 unspecified atom stereocenters. The highest BCUT2D eigenvalue weighted by Gasteiger charge is 2.48. The third-order valence-corrected chi connectivity index (χ3v) is 3.30. The minimum Gasteiger partial charge on any atom is -0.466 e. The van der Waals surface area contributed by atoms with Crippen LogP contribution >= 0.6 is 0 Å². The average Bonchev–Trinajstić information content (AvgIpc) is 2.70. The molecule has 0 radical (unpaired) electrons. The summed E-state index contributed by atoms with van der Waals surface area (Å²) in [4.78, 5) is 16.0. The number of carbonyl (C=O) groups is 1. The van der Waals surface area contributed by atoms with Crippen LogP contribution < -0.4 is 0 Å². The fraction of sp³-hybridized carbons (Fsp3) is 0.143. The molecule has 1 heterocycles. The molecule has 1 aliphatic rings. The third-order valence-electron chi connectivity index (χ3n) is 3.30. The smallest absolute Gasteiger partial charge is 0.347 e. The molecule has 4 nitrogen and oxygen atoms in total. The van der Waals surface area contributed by atoms with E-state index in [0.717, 1.165) is 11.1 Å². The molecule has 1 aromatic heterocycles. The van der Waals surface area contributed by atoms with E-state index in [1.54, 1.807) is 30.6 Å². The maximum absolute atomic E-state index is 12.0. The Morgan fingerprint density at radius 2 is 1.94 bits per heavy atom. The van der Waals surface area contributed by atoms with Crippen LogP contribution in [-0.4, -0.2) is 23.2 Å².